The van der Waals surface area contributed by atoms with Crippen molar-refractivity contribution in [1.82, 2.24) is 0 Å². The third-order valence-corrected chi connectivity index (χ3v) is 2.75. The predicted molar refractivity (Wildman–Crippen MR) is 72.3 cm³/mol. The van der Waals surface area contributed by atoms with Crippen LogP contribution in [-0.2, 0) is 9.53 Å². The molecule has 0 spiro atoms. The smallest absolute Gasteiger partial charge is 0.333 e. The Morgan fingerprint density at radius 3 is 2.79 bits per heavy atom. The molecule has 19 heavy (non-hydrogen) atoms. The summed E-state index contributed by atoms with van der Waals surface area (Å²) in [5.74, 6) is 1.18. The lowest BCUT2D eigenvalue weighted by molar-refractivity contribution is -0.138. The van der Waals surface area contributed by atoms with E-state index in [9.17, 15) is 4.79 Å². The molecule has 0 unspecified atom stereocenters. The van der Waals surface area contributed by atoms with E-state index in [1.165, 1.54) is 0 Å². The van der Waals surface area contributed by atoms with Gasteiger partial charge in [0, 0.05) is 12.0 Å². The Labute approximate surface area is 113 Å². The highest BCUT2D eigenvalue weighted by molar-refractivity contribution is 5.93. The molecule has 0 saturated heterocycles. The van der Waals surface area contributed by atoms with E-state index in [0.29, 0.717) is 25.4 Å². The van der Waals surface area contributed by atoms with Gasteiger partial charge in [-0.1, -0.05) is 6.07 Å². The molecule has 1 aliphatic rings. The molecule has 0 amide bonds. The van der Waals surface area contributed by atoms with Crippen molar-refractivity contribution < 1.29 is 19.0 Å². The van der Waals surface area contributed by atoms with Gasteiger partial charge in [0.05, 0.1) is 19.8 Å². The topological polar surface area (TPSA) is 44.8 Å². The predicted octanol–water partition coefficient (Wildman–Crippen LogP) is 2.81. The third kappa shape index (κ3) is 3.50. The molecule has 1 heterocycles. The first-order chi connectivity index (χ1) is 9.20. The highest BCUT2D eigenvalue weighted by Crippen LogP contribution is 2.31. The average Bonchev–Trinajstić information content (AvgIpc) is 2.63. The van der Waals surface area contributed by atoms with Crippen LogP contribution >= 0.6 is 0 Å². The summed E-state index contributed by atoms with van der Waals surface area (Å²) < 4.78 is 16.1. The van der Waals surface area contributed by atoms with Crippen molar-refractivity contribution in [3.63, 3.8) is 0 Å². The van der Waals surface area contributed by atoms with Crippen molar-refractivity contribution in [1.29, 1.82) is 0 Å². The monoisotopic (exact) mass is 262 g/mol. The molecule has 4 nitrogen and oxygen atoms in total. The fraction of sp³-hybridized carbons (Fsp3) is 0.400. The molecule has 0 N–H and O–H groups in total. The molecule has 1 aromatic rings. The first-order valence-corrected chi connectivity index (χ1v) is 6.46. The van der Waals surface area contributed by atoms with Crippen LogP contribution < -0.4 is 9.47 Å². The highest BCUT2D eigenvalue weighted by Gasteiger charge is 2.11. The molecular weight excluding hydrogens is 244 g/mol. The number of benzene rings is 1. The number of carbonyl (C=O) groups excluding carboxylic acids is 1. The summed E-state index contributed by atoms with van der Waals surface area (Å²) in [5.41, 5.74) is 1.46. The van der Waals surface area contributed by atoms with E-state index < -0.39 is 0 Å². The van der Waals surface area contributed by atoms with Crippen LogP contribution in [0, 0.1) is 0 Å². The SMILES string of the molecule is CCOC(=O)/C(C)=C/c1ccc2c(c1)OCCCO2. The van der Waals surface area contributed by atoms with E-state index >= 15 is 0 Å². The Hall–Kier alpha value is -1.97. The van der Waals surface area contributed by atoms with Gasteiger partial charge in [-0.2, -0.15) is 0 Å². The molecule has 1 aliphatic heterocycles. The quantitative estimate of drug-likeness (QED) is 0.620. The van der Waals surface area contributed by atoms with Crippen molar-refractivity contribution in [2.45, 2.75) is 20.3 Å². The van der Waals surface area contributed by atoms with Crippen molar-refractivity contribution in [2.75, 3.05) is 19.8 Å². The van der Waals surface area contributed by atoms with Crippen molar-refractivity contribution in [3.05, 3.63) is 29.3 Å². The Bertz CT molecular complexity index is 491. The Morgan fingerprint density at radius 1 is 1.32 bits per heavy atom. The van der Waals surface area contributed by atoms with Crippen molar-refractivity contribution in [3.8, 4) is 11.5 Å². The fourth-order valence-corrected chi connectivity index (χ4v) is 1.82. The van der Waals surface area contributed by atoms with Crippen molar-refractivity contribution in [2.24, 2.45) is 0 Å². The van der Waals surface area contributed by atoms with Gasteiger partial charge in [0.1, 0.15) is 0 Å². The number of ether oxygens (including phenoxy) is 3. The van der Waals surface area contributed by atoms with Gasteiger partial charge >= 0.3 is 5.97 Å². The number of hydrogen-bond donors (Lipinski definition) is 0. The minimum atomic E-state index is -0.297. The highest BCUT2D eigenvalue weighted by atomic mass is 16.5. The van der Waals surface area contributed by atoms with E-state index in [0.717, 1.165) is 23.5 Å². The second kappa shape index (κ2) is 6.27. The van der Waals surface area contributed by atoms with E-state index in [1.54, 1.807) is 19.9 Å². The standard InChI is InChI=1S/C15H18O4/c1-3-17-15(16)11(2)9-12-5-6-13-14(10-12)19-8-4-7-18-13/h5-6,9-10H,3-4,7-8H2,1-2H3/b11-9+. The van der Waals surface area contributed by atoms with E-state index in [-0.39, 0.29) is 5.97 Å². The molecule has 102 valence electrons. The van der Waals surface area contributed by atoms with Gasteiger partial charge in [-0.05, 0) is 37.6 Å². The molecule has 0 saturated carbocycles. The molecule has 2 rings (SSSR count). The lowest BCUT2D eigenvalue weighted by Crippen LogP contribution is -2.04. The van der Waals surface area contributed by atoms with Crippen LogP contribution in [0.4, 0.5) is 0 Å². The van der Waals surface area contributed by atoms with E-state index in [2.05, 4.69) is 0 Å². The maximum atomic E-state index is 11.5. The second-order valence-electron chi connectivity index (χ2n) is 4.30. The summed E-state index contributed by atoms with van der Waals surface area (Å²) in [6.45, 7) is 5.23. The van der Waals surface area contributed by atoms with Crippen molar-refractivity contribution >= 4 is 12.0 Å². The maximum Gasteiger partial charge on any atom is 0.333 e. The van der Waals surface area contributed by atoms with Gasteiger partial charge in [0.15, 0.2) is 11.5 Å². The number of fused-ring (bicyclic) bond motifs is 1. The van der Waals surface area contributed by atoms with Crippen LogP contribution in [0.1, 0.15) is 25.8 Å². The van der Waals surface area contributed by atoms with E-state index in [4.69, 9.17) is 14.2 Å². The molecule has 0 aliphatic carbocycles. The minimum absolute atomic E-state index is 0.297. The lowest BCUT2D eigenvalue weighted by atomic mass is 10.1. The first-order valence-electron chi connectivity index (χ1n) is 6.46. The Kier molecular flexibility index (Phi) is 4.44. The molecule has 0 fully saturated rings. The summed E-state index contributed by atoms with van der Waals surface area (Å²) in [6.07, 6.45) is 2.66. The van der Waals surface area contributed by atoms with Crippen LogP contribution in [0.25, 0.3) is 6.08 Å². The number of esters is 1. The van der Waals surface area contributed by atoms with Gasteiger partial charge in [0.25, 0.3) is 0 Å². The van der Waals surface area contributed by atoms with Crippen LogP contribution in [0.2, 0.25) is 0 Å². The maximum absolute atomic E-state index is 11.5. The molecule has 1 aromatic carbocycles. The third-order valence-electron chi connectivity index (χ3n) is 2.75. The second-order valence-corrected chi connectivity index (χ2v) is 4.30. The zero-order valence-corrected chi connectivity index (χ0v) is 11.3. The van der Waals surface area contributed by atoms with Crippen LogP contribution in [0.5, 0.6) is 11.5 Å². The number of hydrogen-bond acceptors (Lipinski definition) is 4. The molecule has 0 bridgehead atoms. The summed E-state index contributed by atoms with van der Waals surface area (Å²) in [6, 6.07) is 5.64. The molecular formula is C15H18O4. The molecule has 0 atom stereocenters. The van der Waals surface area contributed by atoms with Gasteiger partial charge < -0.3 is 14.2 Å². The van der Waals surface area contributed by atoms with Crippen LogP contribution in [0.3, 0.4) is 0 Å². The number of rotatable bonds is 3. The Balaban J connectivity index is 2.19. The zero-order chi connectivity index (χ0) is 13.7. The van der Waals surface area contributed by atoms with Gasteiger partial charge in [-0.15, -0.1) is 0 Å². The molecule has 4 heteroatoms. The van der Waals surface area contributed by atoms with Gasteiger partial charge in [-0.25, -0.2) is 4.79 Å². The molecule has 0 radical (unpaired) electrons. The summed E-state index contributed by atoms with van der Waals surface area (Å²) in [7, 11) is 0. The normalized spacial score (nSPS) is 14.7. The van der Waals surface area contributed by atoms with E-state index in [1.807, 2.05) is 18.2 Å². The minimum Gasteiger partial charge on any atom is -0.490 e. The number of carbonyl (C=O) groups is 1. The summed E-state index contributed by atoms with van der Waals surface area (Å²) >= 11 is 0. The molecule has 0 aromatic heterocycles. The lowest BCUT2D eigenvalue weighted by Gasteiger charge is -2.08. The fourth-order valence-electron chi connectivity index (χ4n) is 1.82. The summed E-state index contributed by atoms with van der Waals surface area (Å²) in [4.78, 5) is 11.5. The van der Waals surface area contributed by atoms with Crippen LogP contribution in [-0.4, -0.2) is 25.8 Å². The van der Waals surface area contributed by atoms with Gasteiger partial charge in [0.2, 0.25) is 0 Å². The average molecular weight is 262 g/mol. The first kappa shape index (κ1) is 13.5. The van der Waals surface area contributed by atoms with Gasteiger partial charge in [-0.3, -0.25) is 0 Å². The van der Waals surface area contributed by atoms with Crippen LogP contribution in [0.15, 0.2) is 23.8 Å². The zero-order valence-electron chi connectivity index (χ0n) is 11.3. The Morgan fingerprint density at radius 2 is 2.05 bits per heavy atom. The summed E-state index contributed by atoms with van der Waals surface area (Å²) in [5, 5.41) is 0. The largest absolute Gasteiger partial charge is 0.490 e.